The molecule has 0 spiro atoms. The van der Waals surface area contributed by atoms with Crippen molar-refractivity contribution < 1.29 is 0 Å². The summed E-state index contributed by atoms with van der Waals surface area (Å²) >= 11 is 0. The summed E-state index contributed by atoms with van der Waals surface area (Å²) in [5.41, 5.74) is 2.36. The minimum atomic E-state index is 0.976. The summed E-state index contributed by atoms with van der Waals surface area (Å²) in [5.74, 6) is 0. The largest absolute Gasteiger partial charge is 0.274 e. The lowest BCUT2D eigenvalue weighted by atomic mass is 10.2. The summed E-state index contributed by atoms with van der Waals surface area (Å²) in [6.07, 6.45) is 0. The number of nitrogens with zero attached hydrogens (tertiary/aromatic N) is 2. The second-order valence-electron chi connectivity index (χ2n) is 4.04. The number of benzene rings is 2. The molecule has 0 saturated carbocycles. The van der Waals surface area contributed by atoms with Gasteiger partial charge >= 0.3 is 0 Å². The van der Waals surface area contributed by atoms with Crippen LogP contribution in [0.5, 0.6) is 0 Å². The van der Waals surface area contributed by atoms with E-state index in [0.29, 0.717) is 0 Å². The number of hydrogen-bond donors (Lipinski definition) is 0. The van der Waals surface area contributed by atoms with E-state index >= 15 is 0 Å². The third kappa shape index (κ3) is 2.71. The molecule has 2 aromatic rings. The Morgan fingerprint density at radius 2 is 1.39 bits per heavy atom. The first-order valence-electron chi connectivity index (χ1n) is 6.43. The van der Waals surface area contributed by atoms with Crippen LogP contribution < -0.4 is 5.01 Å². The van der Waals surface area contributed by atoms with Crippen LogP contribution in [-0.4, -0.2) is 18.1 Å². The van der Waals surface area contributed by atoms with Crippen LogP contribution in [0.4, 0.5) is 11.4 Å². The third-order valence-electron chi connectivity index (χ3n) is 2.96. The lowest BCUT2D eigenvalue weighted by molar-refractivity contribution is 0.309. The lowest BCUT2D eigenvalue weighted by Crippen LogP contribution is -2.39. The quantitative estimate of drug-likeness (QED) is 0.730. The van der Waals surface area contributed by atoms with Gasteiger partial charge in [0, 0.05) is 13.1 Å². The first-order chi connectivity index (χ1) is 8.86. The standard InChI is InChI=1S/C16H19N2/c1-3-17(4-2)18(15-11-7-5-8-12-15)16-13-9-6-10-14-16/h5,7-14H,3-4H2,1-2H3. The van der Waals surface area contributed by atoms with Gasteiger partial charge in [-0.1, -0.05) is 44.2 Å². The summed E-state index contributed by atoms with van der Waals surface area (Å²) in [6, 6.07) is 21.6. The maximum Gasteiger partial charge on any atom is 0.0580 e. The van der Waals surface area contributed by atoms with Gasteiger partial charge in [0.15, 0.2) is 0 Å². The molecule has 2 rings (SSSR count). The van der Waals surface area contributed by atoms with Gasteiger partial charge in [0.2, 0.25) is 0 Å². The van der Waals surface area contributed by atoms with Crippen molar-refractivity contribution in [1.29, 1.82) is 0 Å². The Balaban J connectivity index is 2.41. The molecule has 0 aromatic heterocycles. The third-order valence-corrected chi connectivity index (χ3v) is 2.96. The summed E-state index contributed by atoms with van der Waals surface area (Å²) in [5, 5.41) is 4.57. The van der Waals surface area contributed by atoms with E-state index in [9.17, 15) is 0 Å². The molecular formula is C16H19N2. The molecular weight excluding hydrogens is 220 g/mol. The molecule has 0 amide bonds. The van der Waals surface area contributed by atoms with Crippen molar-refractivity contribution in [3.63, 3.8) is 0 Å². The van der Waals surface area contributed by atoms with Crippen molar-refractivity contribution >= 4 is 11.4 Å². The molecule has 0 aliphatic heterocycles. The van der Waals surface area contributed by atoms with Crippen molar-refractivity contribution in [3.8, 4) is 0 Å². The maximum absolute atomic E-state index is 3.07. The minimum Gasteiger partial charge on any atom is -0.274 e. The van der Waals surface area contributed by atoms with Gasteiger partial charge in [0.25, 0.3) is 0 Å². The van der Waals surface area contributed by atoms with Gasteiger partial charge in [-0.25, -0.2) is 5.01 Å². The van der Waals surface area contributed by atoms with Crippen LogP contribution in [-0.2, 0) is 0 Å². The van der Waals surface area contributed by atoms with Gasteiger partial charge in [-0.2, -0.15) is 0 Å². The van der Waals surface area contributed by atoms with Crippen LogP contribution in [0.15, 0.2) is 54.6 Å². The maximum atomic E-state index is 3.07. The molecule has 0 fully saturated rings. The van der Waals surface area contributed by atoms with E-state index in [1.807, 2.05) is 18.2 Å². The van der Waals surface area contributed by atoms with Gasteiger partial charge in [-0.15, -0.1) is 0 Å². The summed E-state index contributed by atoms with van der Waals surface area (Å²) < 4.78 is 0. The van der Waals surface area contributed by atoms with Crippen LogP contribution in [0.2, 0.25) is 0 Å². The van der Waals surface area contributed by atoms with Crippen molar-refractivity contribution in [2.24, 2.45) is 0 Å². The van der Waals surface area contributed by atoms with Gasteiger partial charge < -0.3 is 0 Å². The van der Waals surface area contributed by atoms with Crippen LogP contribution in [0.25, 0.3) is 0 Å². The Labute approximate surface area is 109 Å². The van der Waals surface area contributed by atoms with Crippen molar-refractivity contribution in [2.75, 3.05) is 18.1 Å². The van der Waals surface area contributed by atoms with Crippen molar-refractivity contribution in [1.82, 2.24) is 5.01 Å². The van der Waals surface area contributed by atoms with Gasteiger partial charge in [0.1, 0.15) is 0 Å². The molecule has 0 heterocycles. The Kier molecular flexibility index (Phi) is 4.37. The molecule has 0 unspecified atom stereocenters. The predicted molar refractivity (Wildman–Crippen MR) is 76.8 cm³/mol. The van der Waals surface area contributed by atoms with Crippen molar-refractivity contribution in [2.45, 2.75) is 13.8 Å². The monoisotopic (exact) mass is 239 g/mol. The average Bonchev–Trinajstić information content (AvgIpc) is 2.46. The SMILES string of the molecule is CCN(CC)N(c1cc[c]cc1)c1ccccc1. The van der Waals surface area contributed by atoms with Crippen molar-refractivity contribution in [3.05, 3.63) is 60.7 Å². The Hall–Kier alpha value is -1.80. The van der Waals surface area contributed by atoms with Crippen LogP contribution in [0.1, 0.15) is 13.8 Å². The first kappa shape index (κ1) is 12.7. The van der Waals surface area contributed by atoms with Crippen LogP contribution in [0, 0.1) is 6.07 Å². The first-order valence-corrected chi connectivity index (χ1v) is 6.43. The molecule has 2 heteroatoms. The average molecular weight is 239 g/mol. The van der Waals surface area contributed by atoms with E-state index in [0.717, 1.165) is 13.1 Å². The highest BCUT2D eigenvalue weighted by Gasteiger charge is 2.14. The second-order valence-corrected chi connectivity index (χ2v) is 4.04. The number of anilines is 2. The van der Waals surface area contributed by atoms with Gasteiger partial charge in [-0.05, 0) is 30.3 Å². The molecule has 1 radical (unpaired) electrons. The molecule has 93 valence electrons. The Morgan fingerprint density at radius 1 is 0.833 bits per heavy atom. The number of para-hydroxylation sites is 1. The Morgan fingerprint density at radius 3 is 1.94 bits per heavy atom. The van der Waals surface area contributed by atoms with E-state index in [1.54, 1.807) is 0 Å². The normalized spacial score (nSPS) is 10.6. The number of rotatable bonds is 5. The molecule has 2 aromatic carbocycles. The zero-order chi connectivity index (χ0) is 12.8. The van der Waals surface area contributed by atoms with Crippen LogP contribution in [0.3, 0.4) is 0 Å². The molecule has 0 aliphatic rings. The van der Waals surface area contributed by atoms with Crippen LogP contribution >= 0.6 is 0 Å². The van der Waals surface area contributed by atoms with E-state index in [2.05, 4.69) is 66.3 Å². The molecule has 0 saturated heterocycles. The highest BCUT2D eigenvalue weighted by molar-refractivity contribution is 5.61. The van der Waals surface area contributed by atoms with E-state index in [-0.39, 0.29) is 0 Å². The van der Waals surface area contributed by atoms with E-state index in [4.69, 9.17) is 0 Å². The fourth-order valence-electron chi connectivity index (χ4n) is 2.07. The summed E-state index contributed by atoms with van der Waals surface area (Å²) in [4.78, 5) is 0. The molecule has 0 aliphatic carbocycles. The molecule has 0 N–H and O–H groups in total. The minimum absolute atomic E-state index is 0.976. The highest BCUT2D eigenvalue weighted by atomic mass is 15.6. The lowest BCUT2D eigenvalue weighted by Gasteiger charge is -2.35. The topological polar surface area (TPSA) is 6.48 Å². The number of hydrogen-bond acceptors (Lipinski definition) is 2. The molecule has 2 nitrogen and oxygen atoms in total. The predicted octanol–water partition coefficient (Wildman–Crippen LogP) is 3.88. The fraction of sp³-hybridized carbons (Fsp3) is 0.250. The smallest absolute Gasteiger partial charge is 0.0580 e. The van der Waals surface area contributed by atoms with E-state index in [1.165, 1.54) is 11.4 Å². The van der Waals surface area contributed by atoms with E-state index < -0.39 is 0 Å². The zero-order valence-electron chi connectivity index (χ0n) is 11.0. The summed E-state index contributed by atoms with van der Waals surface area (Å²) in [7, 11) is 0. The summed E-state index contributed by atoms with van der Waals surface area (Å²) in [6.45, 7) is 6.30. The fourth-order valence-corrected chi connectivity index (χ4v) is 2.07. The zero-order valence-corrected chi connectivity index (χ0v) is 11.0. The molecule has 18 heavy (non-hydrogen) atoms. The molecule has 0 bridgehead atoms. The van der Waals surface area contributed by atoms with Gasteiger partial charge in [0.05, 0.1) is 11.4 Å². The Bertz CT molecular complexity index is 410. The highest BCUT2D eigenvalue weighted by Crippen LogP contribution is 2.26. The van der Waals surface area contributed by atoms with Gasteiger partial charge in [-0.3, -0.25) is 5.01 Å². The second kappa shape index (κ2) is 6.22. The molecule has 0 atom stereocenters. The number of hydrazine groups is 1.